The van der Waals surface area contributed by atoms with Crippen LogP contribution in [0.3, 0.4) is 0 Å². The third-order valence-corrected chi connectivity index (χ3v) is 4.11. The van der Waals surface area contributed by atoms with Crippen LogP contribution in [-0.4, -0.2) is 49.5 Å². The summed E-state index contributed by atoms with van der Waals surface area (Å²) in [4.78, 5) is 2.38. The number of nitrogens with zero attached hydrogens (tertiary/aromatic N) is 1. The van der Waals surface area contributed by atoms with Crippen molar-refractivity contribution < 1.29 is 9.84 Å². The second-order valence-corrected chi connectivity index (χ2v) is 5.69. The molecule has 1 atom stereocenters. The van der Waals surface area contributed by atoms with E-state index in [4.69, 9.17) is 4.74 Å². The Bertz CT molecular complexity index is 204. The van der Waals surface area contributed by atoms with E-state index in [9.17, 15) is 5.11 Å². The lowest BCUT2D eigenvalue weighted by atomic mass is 9.73. The quantitative estimate of drug-likeness (QED) is 0.792. The van der Waals surface area contributed by atoms with E-state index in [1.807, 2.05) is 0 Å². The van der Waals surface area contributed by atoms with Crippen LogP contribution in [-0.2, 0) is 4.74 Å². The summed E-state index contributed by atoms with van der Waals surface area (Å²) in [5, 5.41) is 9.66. The number of aliphatic hydroxyl groups is 1. The van der Waals surface area contributed by atoms with Crippen molar-refractivity contribution >= 4 is 0 Å². The van der Waals surface area contributed by atoms with Crippen molar-refractivity contribution in [1.29, 1.82) is 0 Å². The number of likely N-dealkylation sites (tertiary alicyclic amines) is 1. The van der Waals surface area contributed by atoms with Gasteiger partial charge in [0.1, 0.15) is 0 Å². The van der Waals surface area contributed by atoms with E-state index in [2.05, 4.69) is 4.90 Å². The maximum absolute atomic E-state index is 9.66. The van der Waals surface area contributed by atoms with Crippen LogP contribution in [0, 0.1) is 5.41 Å². The average molecular weight is 227 g/mol. The number of aliphatic hydroxyl groups excluding tert-OH is 1. The third kappa shape index (κ3) is 2.96. The zero-order valence-corrected chi connectivity index (χ0v) is 10.5. The maximum atomic E-state index is 9.66. The smallest absolute Gasteiger partial charge is 0.0900 e. The van der Waals surface area contributed by atoms with E-state index in [1.54, 1.807) is 7.11 Å². The van der Waals surface area contributed by atoms with Gasteiger partial charge in [0.2, 0.25) is 0 Å². The zero-order valence-electron chi connectivity index (χ0n) is 10.5. The standard InChI is InChI=1S/C13H25NO2/c1-16-9-12(15)8-14-10-13(11-14)6-4-2-3-5-7-13/h12,15H,2-11H2,1H3. The first kappa shape index (κ1) is 12.3. The summed E-state index contributed by atoms with van der Waals surface area (Å²) < 4.78 is 4.95. The van der Waals surface area contributed by atoms with Gasteiger partial charge in [0, 0.05) is 26.7 Å². The van der Waals surface area contributed by atoms with Crippen molar-refractivity contribution in [2.75, 3.05) is 33.4 Å². The van der Waals surface area contributed by atoms with Crippen molar-refractivity contribution in [3.63, 3.8) is 0 Å². The van der Waals surface area contributed by atoms with E-state index in [0.29, 0.717) is 12.0 Å². The van der Waals surface area contributed by atoms with Crippen molar-refractivity contribution in [3.8, 4) is 0 Å². The molecule has 0 aromatic rings. The summed E-state index contributed by atoms with van der Waals surface area (Å²) in [5.74, 6) is 0. The Labute approximate surface area is 98.8 Å². The van der Waals surface area contributed by atoms with Crippen LogP contribution in [0.2, 0.25) is 0 Å². The summed E-state index contributed by atoms with van der Waals surface area (Å²) >= 11 is 0. The zero-order chi connectivity index (χ0) is 11.4. The Morgan fingerprint density at radius 3 is 2.38 bits per heavy atom. The summed E-state index contributed by atoms with van der Waals surface area (Å²) in [5.41, 5.74) is 0.614. The maximum Gasteiger partial charge on any atom is 0.0900 e. The van der Waals surface area contributed by atoms with Crippen LogP contribution >= 0.6 is 0 Å². The molecule has 1 aliphatic carbocycles. The van der Waals surface area contributed by atoms with Crippen molar-refractivity contribution in [2.24, 2.45) is 5.41 Å². The Kier molecular flexibility index (Phi) is 4.22. The summed E-state index contributed by atoms with van der Waals surface area (Å²) in [6.07, 6.45) is 8.17. The lowest BCUT2D eigenvalue weighted by Gasteiger charge is -2.51. The minimum Gasteiger partial charge on any atom is -0.389 e. The van der Waals surface area contributed by atoms with Gasteiger partial charge in [0.25, 0.3) is 0 Å². The number of hydrogen-bond donors (Lipinski definition) is 1. The van der Waals surface area contributed by atoms with Crippen molar-refractivity contribution in [1.82, 2.24) is 4.90 Å². The van der Waals surface area contributed by atoms with E-state index in [1.165, 1.54) is 51.6 Å². The molecule has 2 rings (SSSR count). The second kappa shape index (κ2) is 5.48. The molecule has 0 aromatic heterocycles. The molecule has 0 radical (unpaired) electrons. The summed E-state index contributed by atoms with van der Waals surface area (Å²) in [7, 11) is 1.64. The second-order valence-electron chi connectivity index (χ2n) is 5.69. The van der Waals surface area contributed by atoms with E-state index < -0.39 is 0 Å². The number of hydrogen-bond acceptors (Lipinski definition) is 3. The molecular formula is C13H25NO2. The first-order valence-corrected chi connectivity index (χ1v) is 6.63. The summed E-state index contributed by atoms with van der Waals surface area (Å²) in [6.45, 7) is 3.65. The summed E-state index contributed by atoms with van der Waals surface area (Å²) in [6, 6.07) is 0. The molecule has 2 fully saturated rings. The molecule has 1 saturated heterocycles. The SMILES string of the molecule is COCC(O)CN1CC2(CCCCCC2)C1. The molecule has 1 spiro atoms. The molecule has 94 valence electrons. The van der Waals surface area contributed by atoms with Crippen LogP contribution in [0.4, 0.5) is 0 Å². The normalized spacial score (nSPS) is 27.4. The molecular weight excluding hydrogens is 202 g/mol. The van der Waals surface area contributed by atoms with Gasteiger partial charge in [0.15, 0.2) is 0 Å². The fraction of sp³-hybridized carbons (Fsp3) is 1.00. The van der Waals surface area contributed by atoms with Gasteiger partial charge in [-0.1, -0.05) is 25.7 Å². The predicted molar refractivity (Wildman–Crippen MR) is 64.5 cm³/mol. The lowest BCUT2D eigenvalue weighted by Crippen LogP contribution is -2.58. The van der Waals surface area contributed by atoms with Gasteiger partial charge in [0.05, 0.1) is 12.7 Å². The van der Waals surface area contributed by atoms with Gasteiger partial charge >= 0.3 is 0 Å². The van der Waals surface area contributed by atoms with Crippen LogP contribution in [0.5, 0.6) is 0 Å². The first-order valence-electron chi connectivity index (χ1n) is 6.63. The van der Waals surface area contributed by atoms with Crippen LogP contribution in [0.25, 0.3) is 0 Å². The molecule has 2 aliphatic rings. The average Bonchev–Trinajstić information content (AvgIpc) is 2.43. The molecule has 1 aliphatic heterocycles. The van der Waals surface area contributed by atoms with Crippen LogP contribution < -0.4 is 0 Å². The molecule has 16 heavy (non-hydrogen) atoms. The number of ether oxygens (including phenoxy) is 1. The number of methoxy groups -OCH3 is 1. The highest BCUT2D eigenvalue weighted by atomic mass is 16.5. The highest BCUT2D eigenvalue weighted by molar-refractivity contribution is 4.96. The number of rotatable bonds is 4. The fourth-order valence-electron chi connectivity index (χ4n) is 3.37. The highest BCUT2D eigenvalue weighted by Crippen LogP contribution is 2.42. The molecule has 3 heteroatoms. The molecule has 1 unspecified atom stereocenters. The minimum atomic E-state index is -0.312. The number of β-amino-alcohol motifs (C(OH)–C–C–N with tert-alkyl or cyclic N) is 1. The van der Waals surface area contributed by atoms with Gasteiger partial charge in [-0.05, 0) is 18.3 Å². The largest absolute Gasteiger partial charge is 0.389 e. The minimum absolute atomic E-state index is 0.312. The van der Waals surface area contributed by atoms with Crippen molar-refractivity contribution in [3.05, 3.63) is 0 Å². The predicted octanol–water partition coefficient (Wildman–Crippen LogP) is 1.65. The molecule has 0 aromatic carbocycles. The molecule has 0 bridgehead atoms. The van der Waals surface area contributed by atoms with Gasteiger partial charge in [-0.25, -0.2) is 0 Å². The van der Waals surface area contributed by atoms with E-state index >= 15 is 0 Å². The van der Waals surface area contributed by atoms with E-state index in [-0.39, 0.29) is 6.10 Å². The van der Waals surface area contributed by atoms with Gasteiger partial charge in [-0.2, -0.15) is 0 Å². The highest BCUT2D eigenvalue weighted by Gasteiger charge is 2.42. The lowest BCUT2D eigenvalue weighted by molar-refractivity contribution is -0.0497. The van der Waals surface area contributed by atoms with E-state index in [0.717, 1.165) is 6.54 Å². The monoisotopic (exact) mass is 227 g/mol. The first-order chi connectivity index (χ1) is 7.74. The van der Waals surface area contributed by atoms with Crippen molar-refractivity contribution in [2.45, 2.75) is 44.6 Å². The Morgan fingerprint density at radius 1 is 1.19 bits per heavy atom. The third-order valence-electron chi connectivity index (χ3n) is 4.11. The molecule has 3 nitrogen and oxygen atoms in total. The topological polar surface area (TPSA) is 32.7 Å². The van der Waals surface area contributed by atoms with Crippen LogP contribution in [0.15, 0.2) is 0 Å². The molecule has 1 saturated carbocycles. The molecule has 0 amide bonds. The Hall–Kier alpha value is -0.120. The fourth-order valence-corrected chi connectivity index (χ4v) is 3.37. The van der Waals surface area contributed by atoms with Gasteiger partial charge in [-0.15, -0.1) is 0 Å². The van der Waals surface area contributed by atoms with Gasteiger partial charge < -0.3 is 9.84 Å². The molecule has 1 heterocycles. The van der Waals surface area contributed by atoms with Crippen LogP contribution in [0.1, 0.15) is 38.5 Å². The molecule has 1 N–H and O–H groups in total. The van der Waals surface area contributed by atoms with Gasteiger partial charge in [-0.3, -0.25) is 4.90 Å². The Balaban J connectivity index is 1.71. The Morgan fingerprint density at radius 2 is 1.81 bits per heavy atom.